The highest BCUT2D eigenvalue weighted by molar-refractivity contribution is 7.14. The zero-order valence-electron chi connectivity index (χ0n) is 9.65. The monoisotopic (exact) mass is 265 g/mol. The summed E-state index contributed by atoms with van der Waals surface area (Å²) in [5, 5.41) is 1.90. The molecule has 0 radical (unpaired) electrons. The zero-order valence-corrected chi connectivity index (χ0v) is 10.5. The van der Waals surface area contributed by atoms with Crippen LogP contribution in [-0.2, 0) is 6.42 Å². The minimum Gasteiger partial charge on any atom is -0.342 e. The van der Waals surface area contributed by atoms with Crippen LogP contribution in [0.25, 0.3) is 0 Å². The van der Waals surface area contributed by atoms with Gasteiger partial charge in [0.2, 0.25) is 0 Å². The molecule has 0 fully saturated rings. The fraction of sp³-hybridized carbons (Fsp3) is 0.545. The standard InChI is InChI=1S/C11H14F3NOS/c1-3-4-8-5-7(2)17-9(8)10(16)15-6-11(12,13)14/h5H,3-4,6H2,1-2H3,(H,15,16). The van der Waals surface area contributed by atoms with Crippen molar-refractivity contribution in [3.63, 3.8) is 0 Å². The summed E-state index contributed by atoms with van der Waals surface area (Å²) >= 11 is 1.23. The molecule has 0 atom stereocenters. The molecule has 0 saturated heterocycles. The maximum Gasteiger partial charge on any atom is 0.405 e. The van der Waals surface area contributed by atoms with Gasteiger partial charge in [0, 0.05) is 4.88 Å². The number of amides is 1. The van der Waals surface area contributed by atoms with Crippen LogP contribution in [0.15, 0.2) is 6.07 Å². The van der Waals surface area contributed by atoms with Gasteiger partial charge in [0.25, 0.3) is 5.91 Å². The molecule has 0 unspecified atom stereocenters. The lowest BCUT2D eigenvalue weighted by Crippen LogP contribution is -2.33. The molecule has 1 rings (SSSR count). The maximum absolute atomic E-state index is 12.0. The molecule has 0 aliphatic carbocycles. The molecule has 0 aliphatic heterocycles. The molecule has 96 valence electrons. The predicted molar refractivity (Wildman–Crippen MR) is 61.4 cm³/mol. The summed E-state index contributed by atoms with van der Waals surface area (Å²) in [5.74, 6) is -0.635. The normalized spacial score (nSPS) is 11.6. The van der Waals surface area contributed by atoms with E-state index in [9.17, 15) is 18.0 Å². The average Bonchev–Trinajstić information content (AvgIpc) is 2.55. The van der Waals surface area contributed by atoms with Crippen molar-refractivity contribution in [2.75, 3.05) is 6.54 Å². The van der Waals surface area contributed by atoms with Gasteiger partial charge in [-0.2, -0.15) is 13.2 Å². The molecular formula is C11H14F3NOS. The Balaban J connectivity index is 2.74. The van der Waals surface area contributed by atoms with Crippen LogP contribution in [0.4, 0.5) is 13.2 Å². The number of halogens is 3. The Hall–Kier alpha value is -1.04. The first-order chi connectivity index (χ1) is 7.83. The molecule has 0 aliphatic rings. The average molecular weight is 265 g/mol. The highest BCUT2D eigenvalue weighted by Gasteiger charge is 2.28. The first-order valence-electron chi connectivity index (χ1n) is 5.27. The first kappa shape index (κ1) is 14.0. The summed E-state index contributed by atoms with van der Waals surface area (Å²) in [7, 11) is 0. The topological polar surface area (TPSA) is 29.1 Å². The Bertz CT molecular complexity index is 398. The quantitative estimate of drug-likeness (QED) is 0.889. The molecule has 0 spiro atoms. The molecule has 1 aromatic rings. The highest BCUT2D eigenvalue weighted by Crippen LogP contribution is 2.23. The largest absolute Gasteiger partial charge is 0.405 e. The lowest BCUT2D eigenvalue weighted by Gasteiger charge is -2.08. The second kappa shape index (κ2) is 5.53. The summed E-state index contributed by atoms with van der Waals surface area (Å²) in [6, 6.07) is 1.86. The summed E-state index contributed by atoms with van der Waals surface area (Å²) in [4.78, 5) is 12.9. The smallest absolute Gasteiger partial charge is 0.342 e. The van der Waals surface area contributed by atoms with Crippen LogP contribution in [-0.4, -0.2) is 18.6 Å². The summed E-state index contributed by atoms with van der Waals surface area (Å²) in [6.07, 6.45) is -2.80. The molecule has 1 aromatic heterocycles. The van der Waals surface area contributed by atoms with Gasteiger partial charge in [0.1, 0.15) is 6.54 Å². The van der Waals surface area contributed by atoms with E-state index in [0.29, 0.717) is 11.3 Å². The molecule has 0 aromatic carbocycles. The second-order valence-corrected chi connectivity index (χ2v) is 5.02. The lowest BCUT2D eigenvalue weighted by atomic mass is 10.1. The van der Waals surface area contributed by atoms with Crippen LogP contribution in [0, 0.1) is 6.92 Å². The Morgan fingerprint density at radius 3 is 2.65 bits per heavy atom. The van der Waals surface area contributed by atoms with Crippen LogP contribution in [0.5, 0.6) is 0 Å². The third kappa shape index (κ3) is 4.38. The highest BCUT2D eigenvalue weighted by atomic mass is 32.1. The van der Waals surface area contributed by atoms with Gasteiger partial charge >= 0.3 is 6.18 Å². The van der Waals surface area contributed by atoms with Crippen LogP contribution in [0.3, 0.4) is 0 Å². The molecule has 17 heavy (non-hydrogen) atoms. The Morgan fingerprint density at radius 1 is 1.47 bits per heavy atom. The molecule has 2 nitrogen and oxygen atoms in total. The molecule has 1 amide bonds. The van der Waals surface area contributed by atoms with E-state index >= 15 is 0 Å². The van der Waals surface area contributed by atoms with E-state index in [1.807, 2.05) is 25.2 Å². The molecule has 0 bridgehead atoms. The van der Waals surface area contributed by atoms with Gasteiger partial charge in [0.05, 0.1) is 4.88 Å². The third-order valence-electron chi connectivity index (χ3n) is 2.11. The number of rotatable bonds is 4. The minimum absolute atomic E-state index is 0.397. The van der Waals surface area contributed by atoms with E-state index in [-0.39, 0.29) is 0 Å². The van der Waals surface area contributed by atoms with E-state index in [1.165, 1.54) is 11.3 Å². The van der Waals surface area contributed by atoms with Gasteiger partial charge in [-0.25, -0.2) is 0 Å². The number of thiophene rings is 1. The maximum atomic E-state index is 12.0. The number of carbonyl (C=O) groups excluding carboxylic acids is 1. The van der Waals surface area contributed by atoms with Crippen LogP contribution >= 0.6 is 11.3 Å². The van der Waals surface area contributed by atoms with Crippen molar-refractivity contribution in [3.05, 3.63) is 21.4 Å². The van der Waals surface area contributed by atoms with Gasteiger partial charge in [0.15, 0.2) is 0 Å². The van der Waals surface area contributed by atoms with Crippen LogP contribution in [0.1, 0.15) is 33.5 Å². The fourth-order valence-corrected chi connectivity index (χ4v) is 2.46. The molecular weight excluding hydrogens is 251 g/mol. The minimum atomic E-state index is -4.37. The van der Waals surface area contributed by atoms with Crippen molar-refractivity contribution in [3.8, 4) is 0 Å². The number of hydrogen-bond donors (Lipinski definition) is 1. The van der Waals surface area contributed by atoms with Crippen molar-refractivity contribution < 1.29 is 18.0 Å². The van der Waals surface area contributed by atoms with E-state index in [1.54, 1.807) is 0 Å². The molecule has 1 heterocycles. The SMILES string of the molecule is CCCc1cc(C)sc1C(=O)NCC(F)(F)F. The summed E-state index contributed by atoms with van der Waals surface area (Å²) in [6.45, 7) is 2.52. The van der Waals surface area contributed by atoms with E-state index in [2.05, 4.69) is 0 Å². The number of hydrogen-bond acceptors (Lipinski definition) is 2. The number of carbonyl (C=O) groups is 1. The molecule has 6 heteroatoms. The van der Waals surface area contributed by atoms with E-state index < -0.39 is 18.6 Å². The van der Waals surface area contributed by atoms with Crippen molar-refractivity contribution in [1.29, 1.82) is 0 Å². The van der Waals surface area contributed by atoms with Gasteiger partial charge in [-0.1, -0.05) is 13.3 Å². The molecule has 1 N–H and O–H groups in total. The van der Waals surface area contributed by atoms with Crippen LogP contribution < -0.4 is 5.32 Å². The lowest BCUT2D eigenvalue weighted by molar-refractivity contribution is -0.123. The molecule has 0 saturated carbocycles. The van der Waals surface area contributed by atoms with Crippen molar-refractivity contribution in [1.82, 2.24) is 5.32 Å². The van der Waals surface area contributed by atoms with Crippen molar-refractivity contribution in [2.45, 2.75) is 32.9 Å². The Labute approximate surface area is 102 Å². The Morgan fingerprint density at radius 2 is 2.12 bits per heavy atom. The van der Waals surface area contributed by atoms with Gasteiger partial charge in [-0.3, -0.25) is 4.79 Å². The van der Waals surface area contributed by atoms with Crippen LogP contribution in [0.2, 0.25) is 0 Å². The predicted octanol–water partition coefficient (Wildman–Crippen LogP) is 3.30. The first-order valence-corrected chi connectivity index (χ1v) is 6.09. The van der Waals surface area contributed by atoms with Gasteiger partial charge in [-0.15, -0.1) is 11.3 Å². The Kier molecular flexibility index (Phi) is 4.56. The second-order valence-electron chi connectivity index (χ2n) is 3.76. The fourth-order valence-electron chi connectivity index (χ4n) is 1.47. The van der Waals surface area contributed by atoms with Crippen molar-refractivity contribution >= 4 is 17.2 Å². The number of nitrogens with one attached hydrogen (secondary N) is 1. The summed E-state index contributed by atoms with van der Waals surface area (Å²) in [5.41, 5.74) is 0.828. The van der Waals surface area contributed by atoms with Gasteiger partial charge in [-0.05, 0) is 25.0 Å². The van der Waals surface area contributed by atoms with E-state index in [4.69, 9.17) is 0 Å². The van der Waals surface area contributed by atoms with E-state index in [0.717, 1.165) is 16.9 Å². The van der Waals surface area contributed by atoms with Crippen molar-refractivity contribution in [2.24, 2.45) is 0 Å². The zero-order chi connectivity index (χ0) is 13.1. The van der Waals surface area contributed by atoms with Gasteiger partial charge < -0.3 is 5.32 Å². The number of alkyl halides is 3. The number of aryl methyl sites for hydroxylation is 2. The summed E-state index contributed by atoms with van der Waals surface area (Å²) < 4.78 is 35.9. The third-order valence-corrected chi connectivity index (χ3v) is 3.20.